The highest BCUT2D eigenvalue weighted by Gasteiger charge is 2.23. The average Bonchev–Trinajstić information content (AvgIpc) is 3.82. The second-order valence-corrected chi connectivity index (χ2v) is 11.0. The van der Waals surface area contributed by atoms with E-state index < -0.39 is 0 Å². The Morgan fingerprint density at radius 1 is 0.500 bits per heavy atom. The largest absolute Gasteiger partial charge is 0.314 e. The Balaban J connectivity index is 1.32. The van der Waals surface area contributed by atoms with E-state index in [0.29, 0.717) is 34.3 Å². The van der Waals surface area contributed by atoms with Gasteiger partial charge in [-0.25, -0.2) is 9.97 Å². The maximum Gasteiger partial charge on any atom is 0.199 e. The summed E-state index contributed by atoms with van der Waals surface area (Å²) in [5.74, 6) is 2.91. The highest BCUT2D eigenvalue weighted by Crippen LogP contribution is 2.30. The number of nitrogens with one attached hydrogen (secondary N) is 2. The first-order chi connectivity index (χ1) is 21.7. The molecule has 8 aromatic rings. The van der Waals surface area contributed by atoms with Crippen molar-refractivity contribution in [2.45, 2.75) is 13.1 Å². The minimum absolute atomic E-state index is 0.407. The van der Waals surface area contributed by atoms with Crippen LogP contribution >= 0.6 is 24.4 Å². The van der Waals surface area contributed by atoms with Gasteiger partial charge in [0.25, 0.3) is 0 Å². The molecule has 4 aromatic carbocycles. The second kappa shape index (κ2) is 10.7. The Hall–Kier alpha value is -5.46. The number of fused-ring (bicyclic) bond motifs is 2. The zero-order chi connectivity index (χ0) is 29.6. The monoisotopic (exact) mass is 612 g/mol. The van der Waals surface area contributed by atoms with Crippen LogP contribution in [0.2, 0.25) is 0 Å². The highest BCUT2D eigenvalue weighted by molar-refractivity contribution is 7.71. The molecule has 0 bridgehead atoms. The van der Waals surface area contributed by atoms with Gasteiger partial charge in [0.1, 0.15) is 0 Å². The van der Waals surface area contributed by atoms with Crippen molar-refractivity contribution in [3.05, 3.63) is 130 Å². The Morgan fingerprint density at radius 3 is 1.32 bits per heavy atom. The van der Waals surface area contributed by atoms with E-state index in [1.54, 1.807) is 0 Å². The van der Waals surface area contributed by atoms with Crippen molar-refractivity contribution in [1.29, 1.82) is 0 Å². The maximum absolute atomic E-state index is 5.65. The van der Waals surface area contributed by atoms with E-state index in [-0.39, 0.29) is 0 Å². The lowest BCUT2D eigenvalue weighted by Crippen LogP contribution is -2.13. The lowest BCUT2D eigenvalue weighted by Gasteiger charge is -2.13. The molecule has 12 heteroatoms. The van der Waals surface area contributed by atoms with Crippen molar-refractivity contribution in [3.8, 4) is 23.0 Å². The fourth-order valence-electron chi connectivity index (χ4n) is 5.65. The molecule has 8 rings (SSSR count). The van der Waals surface area contributed by atoms with E-state index in [1.807, 2.05) is 106 Å². The SMILES string of the molecule is S=c1[nH]nc(Cn2c(-c3nc4ccccc4n3Cc3n[nH]c(=S)n3-c3ccccc3)nc3ccccc32)n1-c1ccccc1. The number of hydrogen-bond acceptors (Lipinski definition) is 6. The number of hydrogen-bond donors (Lipinski definition) is 2. The van der Waals surface area contributed by atoms with Gasteiger partial charge in [-0.3, -0.25) is 19.3 Å². The van der Waals surface area contributed by atoms with Crippen LogP contribution in [0.3, 0.4) is 0 Å². The number of aromatic nitrogens is 10. The summed E-state index contributed by atoms with van der Waals surface area (Å²) in [5.41, 5.74) is 5.50. The molecule has 0 fully saturated rings. The van der Waals surface area contributed by atoms with E-state index in [2.05, 4.69) is 41.7 Å². The minimum atomic E-state index is 0.407. The number of H-pyrrole nitrogens is 2. The number of imidazole rings is 2. The van der Waals surface area contributed by atoms with E-state index in [4.69, 9.17) is 34.4 Å². The lowest BCUT2D eigenvalue weighted by atomic mass is 10.3. The average molecular weight is 613 g/mol. The summed E-state index contributed by atoms with van der Waals surface area (Å²) >= 11 is 11.3. The summed E-state index contributed by atoms with van der Waals surface area (Å²) in [6, 6.07) is 36.1. The molecule has 0 unspecified atom stereocenters. The molecule has 214 valence electrons. The molecular formula is C32H24N10S2. The Kier molecular flexibility index (Phi) is 6.35. The van der Waals surface area contributed by atoms with Crippen LogP contribution in [0.1, 0.15) is 11.6 Å². The second-order valence-electron chi connectivity index (χ2n) is 10.3. The van der Waals surface area contributed by atoms with Gasteiger partial charge in [-0.05, 0) is 73.0 Å². The molecule has 0 saturated carbocycles. The first kappa shape index (κ1) is 26.2. The van der Waals surface area contributed by atoms with Gasteiger partial charge in [0.05, 0.1) is 35.2 Å². The van der Waals surface area contributed by atoms with Crippen LogP contribution in [0.5, 0.6) is 0 Å². The van der Waals surface area contributed by atoms with Gasteiger partial charge in [-0.15, -0.1) is 0 Å². The van der Waals surface area contributed by atoms with Gasteiger partial charge in [0, 0.05) is 11.4 Å². The van der Waals surface area contributed by atoms with Crippen molar-refractivity contribution in [2.75, 3.05) is 0 Å². The zero-order valence-corrected chi connectivity index (χ0v) is 24.8. The first-order valence-electron chi connectivity index (χ1n) is 14.0. The molecule has 0 aliphatic heterocycles. The fraction of sp³-hybridized carbons (Fsp3) is 0.0625. The van der Waals surface area contributed by atoms with Crippen molar-refractivity contribution in [3.63, 3.8) is 0 Å². The van der Waals surface area contributed by atoms with Crippen LogP contribution in [-0.4, -0.2) is 48.6 Å². The predicted molar refractivity (Wildman–Crippen MR) is 174 cm³/mol. The molecule has 4 aromatic heterocycles. The smallest absolute Gasteiger partial charge is 0.199 e. The summed E-state index contributed by atoms with van der Waals surface area (Å²) < 4.78 is 9.24. The lowest BCUT2D eigenvalue weighted by molar-refractivity contribution is 0.716. The fourth-order valence-corrected chi connectivity index (χ4v) is 6.17. The third-order valence-electron chi connectivity index (χ3n) is 7.62. The summed E-state index contributed by atoms with van der Waals surface area (Å²) in [6.45, 7) is 0.813. The summed E-state index contributed by atoms with van der Waals surface area (Å²) in [5, 5.41) is 15.2. The van der Waals surface area contributed by atoms with Crippen LogP contribution in [0, 0.1) is 9.54 Å². The van der Waals surface area contributed by atoms with Gasteiger partial charge >= 0.3 is 0 Å². The minimum Gasteiger partial charge on any atom is -0.314 e. The first-order valence-corrected chi connectivity index (χ1v) is 14.8. The molecule has 4 heterocycles. The summed E-state index contributed by atoms with van der Waals surface area (Å²) in [4.78, 5) is 10.2. The normalized spacial score (nSPS) is 11.5. The molecule has 44 heavy (non-hydrogen) atoms. The molecule has 0 amide bonds. The van der Waals surface area contributed by atoms with Gasteiger partial charge in [-0.1, -0.05) is 60.7 Å². The molecule has 0 aliphatic carbocycles. The van der Waals surface area contributed by atoms with Gasteiger partial charge in [-0.2, -0.15) is 10.2 Å². The number of nitrogens with zero attached hydrogens (tertiary/aromatic N) is 8. The molecule has 0 radical (unpaired) electrons. The molecule has 0 saturated heterocycles. The Labute approximate surface area is 260 Å². The van der Waals surface area contributed by atoms with Crippen LogP contribution in [0.25, 0.3) is 45.1 Å². The molecule has 0 spiro atoms. The quantitative estimate of drug-likeness (QED) is 0.196. The molecule has 0 aliphatic rings. The molecule has 0 atom stereocenters. The van der Waals surface area contributed by atoms with E-state index in [0.717, 1.165) is 45.1 Å². The molecular weight excluding hydrogens is 589 g/mol. The highest BCUT2D eigenvalue weighted by atomic mass is 32.1. The van der Waals surface area contributed by atoms with Crippen molar-refractivity contribution in [2.24, 2.45) is 0 Å². The number of aromatic amines is 2. The van der Waals surface area contributed by atoms with Gasteiger partial charge in [0.15, 0.2) is 32.8 Å². The van der Waals surface area contributed by atoms with E-state index in [1.165, 1.54) is 0 Å². The van der Waals surface area contributed by atoms with Crippen LogP contribution in [0.4, 0.5) is 0 Å². The van der Waals surface area contributed by atoms with Crippen LogP contribution in [0.15, 0.2) is 109 Å². The van der Waals surface area contributed by atoms with E-state index >= 15 is 0 Å². The van der Waals surface area contributed by atoms with Crippen molar-refractivity contribution >= 4 is 46.5 Å². The Morgan fingerprint density at radius 2 is 0.886 bits per heavy atom. The standard InChI is InChI=1S/C32H24N10S2/c43-31-37-35-27(41(31)21-11-3-1-4-12-21)19-39-25-17-9-7-15-23(25)33-29(39)30-34-24-16-8-10-18-26(24)40(30)20-28-36-38-32(44)42(28)22-13-5-2-6-14-22/h1-18H,19-20H2,(H,37,43)(H,38,44). The van der Waals surface area contributed by atoms with Gasteiger partial charge in [0.2, 0.25) is 0 Å². The maximum atomic E-state index is 5.65. The molecule has 2 N–H and O–H groups in total. The topological polar surface area (TPSA) is 103 Å². The van der Waals surface area contributed by atoms with Crippen LogP contribution < -0.4 is 0 Å². The van der Waals surface area contributed by atoms with Crippen LogP contribution in [-0.2, 0) is 13.1 Å². The third-order valence-corrected chi connectivity index (χ3v) is 8.17. The zero-order valence-electron chi connectivity index (χ0n) is 23.2. The Bertz CT molecular complexity index is 2220. The number of rotatable bonds is 7. The number of benzene rings is 4. The van der Waals surface area contributed by atoms with E-state index in [9.17, 15) is 0 Å². The molecule has 10 nitrogen and oxygen atoms in total. The predicted octanol–water partition coefficient (Wildman–Crippen LogP) is 6.64. The van der Waals surface area contributed by atoms with Crippen molar-refractivity contribution in [1.82, 2.24) is 48.6 Å². The third kappa shape index (κ3) is 4.39. The summed E-state index contributed by atoms with van der Waals surface area (Å²) in [6.07, 6.45) is 0. The number of para-hydroxylation sites is 6. The summed E-state index contributed by atoms with van der Waals surface area (Å²) in [7, 11) is 0. The van der Waals surface area contributed by atoms with Crippen molar-refractivity contribution < 1.29 is 0 Å². The van der Waals surface area contributed by atoms with Gasteiger partial charge < -0.3 is 9.13 Å².